The molecule has 1 unspecified atom stereocenters. The molecule has 3 aromatic heterocycles. The van der Waals surface area contributed by atoms with Crippen LogP contribution in [-0.4, -0.2) is 37.9 Å². The highest BCUT2D eigenvalue weighted by atomic mass is 16.2. The summed E-state index contributed by atoms with van der Waals surface area (Å²) in [6.07, 6.45) is 3.32. The van der Waals surface area contributed by atoms with Crippen molar-refractivity contribution in [2.24, 2.45) is 0 Å². The molecule has 9 heteroatoms. The van der Waals surface area contributed by atoms with Gasteiger partial charge in [0.1, 0.15) is 5.82 Å². The smallest absolute Gasteiger partial charge is 0.267 e. The van der Waals surface area contributed by atoms with Crippen LogP contribution in [0.2, 0.25) is 0 Å². The molecule has 5 rings (SSSR count). The Morgan fingerprint density at radius 3 is 2.60 bits per heavy atom. The van der Waals surface area contributed by atoms with Gasteiger partial charge in [-0.1, -0.05) is 36.1 Å². The molecule has 0 aliphatic rings. The van der Waals surface area contributed by atoms with Gasteiger partial charge in [-0.05, 0) is 50.2 Å². The van der Waals surface area contributed by atoms with Crippen molar-refractivity contribution in [3.8, 4) is 17.5 Å². The molecular weight excluding hydrogens is 504 g/mol. The topological polar surface area (TPSA) is 119 Å². The van der Waals surface area contributed by atoms with Crippen LogP contribution in [0.4, 0.5) is 0 Å². The van der Waals surface area contributed by atoms with E-state index in [1.807, 2.05) is 24.3 Å². The van der Waals surface area contributed by atoms with Gasteiger partial charge in [-0.15, -0.1) is 0 Å². The average molecular weight is 531 g/mol. The summed E-state index contributed by atoms with van der Waals surface area (Å²) >= 11 is 0. The van der Waals surface area contributed by atoms with E-state index in [1.165, 1.54) is 11.5 Å². The van der Waals surface area contributed by atoms with E-state index in [0.717, 1.165) is 5.39 Å². The molecule has 1 atom stereocenters. The van der Waals surface area contributed by atoms with Crippen LogP contribution < -0.4 is 16.2 Å². The molecule has 0 saturated heterocycles. The normalized spacial score (nSPS) is 11.5. The van der Waals surface area contributed by atoms with Gasteiger partial charge in [-0.3, -0.25) is 28.9 Å². The first kappa shape index (κ1) is 26.3. The third-order valence-electron chi connectivity index (χ3n) is 6.38. The summed E-state index contributed by atoms with van der Waals surface area (Å²) in [6.45, 7) is 5.11. The number of aromatic nitrogens is 4. The van der Waals surface area contributed by atoms with Crippen LogP contribution in [0, 0.1) is 18.8 Å². The van der Waals surface area contributed by atoms with Gasteiger partial charge < -0.3 is 10.6 Å². The number of benzene rings is 2. The molecule has 0 aliphatic heterocycles. The second-order valence-electron chi connectivity index (χ2n) is 9.21. The molecule has 0 radical (unpaired) electrons. The Kier molecular flexibility index (Phi) is 7.33. The van der Waals surface area contributed by atoms with Crippen LogP contribution in [0.5, 0.6) is 0 Å². The maximum Gasteiger partial charge on any atom is 0.267 e. The second-order valence-corrected chi connectivity index (χ2v) is 9.21. The molecule has 0 aliphatic carbocycles. The standard InChI is InChI=1S/C31H26N6O3/c1-19-26(28-23(18-34-19)12-9-17-33-28)30(39)35-20(2)29-36-25-15-7-10-22(11-8-16-32-21(3)38)27(25)31(40)37(29)24-13-5-4-6-14-24/h4-7,9-10,12-15,17-18,20H,16H2,1-3H3,(H,32,38)(H,35,39). The van der Waals surface area contributed by atoms with Crippen LogP contribution >= 0.6 is 0 Å². The van der Waals surface area contributed by atoms with Crippen molar-refractivity contribution < 1.29 is 9.59 Å². The average Bonchev–Trinajstić information content (AvgIpc) is 2.95. The van der Waals surface area contributed by atoms with Crippen molar-refractivity contribution in [2.75, 3.05) is 6.54 Å². The minimum Gasteiger partial charge on any atom is -0.345 e. The zero-order chi connectivity index (χ0) is 28.2. The van der Waals surface area contributed by atoms with Gasteiger partial charge in [-0.2, -0.15) is 0 Å². The number of pyridine rings is 2. The first-order valence-electron chi connectivity index (χ1n) is 12.7. The lowest BCUT2D eigenvalue weighted by Gasteiger charge is -2.20. The Hall–Kier alpha value is -5.36. The highest BCUT2D eigenvalue weighted by Crippen LogP contribution is 2.22. The molecular formula is C31H26N6O3. The summed E-state index contributed by atoms with van der Waals surface area (Å²) in [5, 5.41) is 6.73. The maximum atomic E-state index is 14.1. The van der Waals surface area contributed by atoms with E-state index in [0.29, 0.717) is 44.8 Å². The van der Waals surface area contributed by atoms with E-state index in [9.17, 15) is 14.4 Å². The van der Waals surface area contributed by atoms with Crippen LogP contribution in [0.3, 0.4) is 0 Å². The predicted molar refractivity (Wildman–Crippen MR) is 153 cm³/mol. The van der Waals surface area contributed by atoms with E-state index in [1.54, 1.807) is 62.6 Å². The zero-order valence-electron chi connectivity index (χ0n) is 22.2. The van der Waals surface area contributed by atoms with E-state index in [-0.39, 0.29) is 23.9 Å². The molecule has 9 nitrogen and oxygen atoms in total. The van der Waals surface area contributed by atoms with Gasteiger partial charge in [0.2, 0.25) is 5.91 Å². The van der Waals surface area contributed by atoms with Crippen LogP contribution in [0.1, 0.15) is 47.3 Å². The van der Waals surface area contributed by atoms with Crippen molar-refractivity contribution in [1.29, 1.82) is 0 Å². The lowest BCUT2D eigenvalue weighted by molar-refractivity contribution is -0.118. The molecule has 198 valence electrons. The fraction of sp³-hybridized carbons (Fsp3) is 0.161. The SMILES string of the molecule is CC(=O)NCC#Cc1cccc2nc(C(C)NC(=O)c3c(C)ncc4cccnc34)n(-c3ccccc3)c(=O)c12. The minimum atomic E-state index is -0.655. The Balaban J connectivity index is 1.62. The van der Waals surface area contributed by atoms with Gasteiger partial charge in [0, 0.05) is 30.3 Å². The van der Waals surface area contributed by atoms with Crippen molar-refractivity contribution in [2.45, 2.75) is 26.8 Å². The number of carbonyl (C=O) groups is 2. The monoisotopic (exact) mass is 530 g/mol. The number of nitrogens with one attached hydrogen (secondary N) is 2. The van der Waals surface area contributed by atoms with E-state index >= 15 is 0 Å². The third kappa shape index (κ3) is 5.15. The molecule has 40 heavy (non-hydrogen) atoms. The lowest BCUT2D eigenvalue weighted by Crippen LogP contribution is -2.34. The van der Waals surface area contributed by atoms with E-state index in [2.05, 4.69) is 32.4 Å². The highest BCUT2D eigenvalue weighted by molar-refractivity contribution is 6.06. The maximum absolute atomic E-state index is 14.1. The molecule has 2 N–H and O–H groups in total. The van der Waals surface area contributed by atoms with Crippen molar-refractivity contribution in [3.63, 3.8) is 0 Å². The molecule has 2 amide bonds. The molecule has 0 bridgehead atoms. The van der Waals surface area contributed by atoms with Gasteiger partial charge in [0.05, 0.1) is 46.0 Å². The Morgan fingerprint density at radius 1 is 1.02 bits per heavy atom. The summed E-state index contributed by atoms with van der Waals surface area (Å²) < 4.78 is 1.50. The summed E-state index contributed by atoms with van der Waals surface area (Å²) in [5.74, 6) is 5.68. The van der Waals surface area contributed by atoms with Gasteiger partial charge in [0.25, 0.3) is 11.5 Å². The Morgan fingerprint density at radius 2 is 1.82 bits per heavy atom. The molecule has 0 saturated carbocycles. The predicted octanol–water partition coefficient (Wildman–Crippen LogP) is 3.62. The first-order valence-corrected chi connectivity index (χ1v) is 12.7. The lowest BCUT2D eigenvalue weighted by atomic mass is 10.1. The number of hydrogen-bond donors (Lipinski definition) is 2. The number of nitrogens with zero attached hydrogens (tertiary/aromatic N) is 4. The van der Waals surface area contributed by atoms with Gasteiger partial charge in [-0.25, -0.2) is 4.98 Å². The molecule has 2 aromatic carbocycles. The number of aryl methyl sites for hydroxylation is 1. The van der Waals surface area contributed by atoms with Crippen LogP contribution in [0.15, 0.2) is 77.9 Å². The number of hydrogen-bond acceptors (Lipinski definition) is 6. The van der Waals surface area contributed by atoms with E-state index < -0.39 is 6.04 Å². The quantitative estimate of drug-likeness (QED) is 0.335. The van der Waals surface area contributed by atoms with Gasteiger partial charge >= 0.3 is 0 Å². The van der Waals surface area contributed by atoms with Crippen molar-refractivity contribution in [1.82, 2.24) is 30.2 Å². The zero-order valence-corrected chi connectivity index (χ0v) is 22.2. The Labute approximate surface area is 230 Å². The van der Waals surface area contributed by atoms with Crippen molar-refractivity contribution in [3.05, 3.63) is 106 Å². The van der Waals surface area contributed by atoms with Gasteiger partial charge in [0.15, 0.2) is 0 Å². The first-order chi connectivity index (χ1) is 19.3. The number of amides is 2. The molecule has 3 heterocycles. The number of fused-ring (bicyclic) bond motifs is 2. The second kappa shape index (κ2) is 11.2. The number of para-hydroxylation sites is 1. The number of rotatable bonds is 5. The summed E-state index contributed by atoms with van der Waals surface area (Å²) in [6, 6.07) is 17.4. The van der Waals surface area contributed by atoms with Crippen molar-refractivity contribution >= 4 is 33.6 Å². The fourth-order valence-corrected chi connectivity index (χ4v) is 4.51. The third-order valence-corrected chi connectivity index (χ3v) is 6.38. The summed E-state index contributed by atoms with van der Waals surface area (Å²) in [5.41, 5.74) is 2.70. The Bertz CT molecular complexity index is 1890. The summed E-state index contributed by atoms with van der Waals surface area (Å²) in [4.78, 5) is 52.4. The van der Waals surface area contributed by atoms with E-state index in [4.69, 9.17) is 4.98 Å². The summed E-state index contributed by atoms with van der Waals surface area (Å²) in [7, 11) is 0. The highest BCUT2D eigenvalue weighted by Gasteiger charge is 2.23. The molecule has 0 spiro atoms. The molecule has 0 fully saturated rings. The van der Waals surface area contributed by atoms with Crippen LogP contribution in [0.25, 0.3) is 27.5 Å². The molecule has 5 aromatic rings. The number of carbonyl (C=O) groups excluding carboxylic acids is 2. The minimum absolute atomic E-state index is 0.157. The van der Waals surface area contributed by atoms with Crippen LogP contribution in [-0.2, 0) is 4.79 Å². The fourth-order valence-electron chi connectivity index (χ4n) is 4.51. The largest absolute Gasteiger partial charge is 0.345 e.